The fraction of sp³-hybridized carbons (Fsp3) is 0.391. The summed E-state index contributed by atoms with van der Waals surface area (Å²) in [7, 11) is -3.49. The van der Waals surface area contributed by atoms with E-state index in [2.05, 4.69) is 15.1 Å². The normalized spacial score (nSPS) is 18.6. The van der Waals surface area contributed by atoms with Crippen molar-refractivity contribution in [1.29, 1.82) is 0 Å². The number of rotatable bonds is 5. The average Bonchev–Trinajstić information content (AvgIpc) is 3.48. The zero-order valence-electron chi connectivity index (χ0n) is 17.9. The Kier molecular flexibility index (Phi) is 5.79. The average molecular weight is 473 g/mol. The summed E-state index contributed by atoms with van der Waals surface area (Å²) in [5, 5.41) is 8.98. The largest absolute Gasteiger partial charge is 0.419 e. The molecule has 9 heteroatoms. The van der Waals surface area contributed by atoms with Crippen LogP contribution in [-0.4, -0.2) is 54.0 Å². The lowest BCUT2D eigenvalue weighted by Crippen LogP contribution is -2.49. The van der Waals surface area contributed by atoms with Crippen molar-refractivity contribution in [3.8, 4) is 11.5 Å². The predicted octanol–water partition coefficient (Wildman–Crippen LogP) is 3.95. The van der Waals surface area contributed by atoms with Crippen molar-refractivity contribution >= 4 is 21.6 Å². The summed E-state index contributed by atoms with van der Waals surface area (Å²) in [6.45, 7) is 4.05. The van der Waals surface area contributed by atoms with Crippen LogP contribution in [0.1, 0.15) is 36.4 Å². The molecule has 2 aromatic carbocycles. The molecule has 0 amide bonds. The van der Waals surface area contributed by atoms with Crippen LogP contribution in [0, 0.1) is 0 Å². The van der Waals surface area contributed by atoms with Crippen LogP contribution < -0.4 is 0 Å². The summed E-state index contributed by atoms with van der Waals surface area (Å²) in [6, 6.07) is 12.8. The van der Waals surface area contributed by atoms with Crippen molar-refractivity contribution in [2.24, 2.45) is 0 Å². The lowest BCUT2D eigenvalue weighted by atomic mass is 10.1. The number of aryl methyl sites for hydroxylation is 2. The van der Waals surface area contributed by atoms with Crippen LogP contribution in [0.3, 0.4) is 0 Å². The SMILES string of the molecule is CC(c1nnc(-c2cccc(Cl)c2)o1)N1CCN(S(=O)(=O)c2ccc3c(c2)CCC3)CC1. The Morgan fingerprint density at radius 1 is 1.00 bits per heavy atom. The van der Waals surface area contributed by atoms with Crippen molar-refractivity contribution in [3.63, 3.8) is 0 Å². The van der Waals surface area contributed by atoms with Crippen LogP contribution >= 0.6 is 11.6 Å². The van der Waals surface area contributed by atoms with E-state index >= 15 is 0 Å². The van der Waals surface area contributed by atoms with Gasteiger partial charge in [0.15, 0.2) is 0 Å². The van der Waals surface area contributed by atoms with Crippen molar-refractivity contribution in [1.82, 2.24) is 19.4 Å². The maximum absolute atomic E-state index is 13.2. The zero-order chi connectivity index (χ0) is 22.3. The number of nitrogens with zero attached hydrogens (tertiary/aromatic N) is 4. The van der Waals surface area contributed by atoms with Crippen molar-refractivity contribution in [2.45, 2.75) is 37.1 Å². The fourth-order valence-corrected chi connectivity index (χ4v) is 6.15. The highest BCUT2D eigenvalue weighted by Crippen LogP contribution is 2.29. The number of sulfonamides is 1. The van der Waals surface area contributed by atoms with E-state index in [1.807, 2.05) is 31.2 Å². The third-order valence-corrected chi connectivity index (χ3v) is 8.53. The Hall–Kier alpha value is -2.26. The van der Waals surface area contributed by atoms with E-state index in [1.165, 1.54) is 11.1 Å². The molecule has 0 bridgehead atoms. The van der Waals surface area contributed by atoms with E-state index in [-0.39, 0.29) is 6.04 Å². The van der Waals surface area contributed by atoms with Gasteiger partial charge in [-0.3, -0.25) is 4.90 Å². The molecule has 1 unspecified atom stereocenters. The van der Waals surface area contributed by atoms with Gasteiger partial charge in [-0.25, -0.2) is 8.42 Å². The van der Waals surface area contributed by atoms with E-state index in [1.54, 1.807) is 22.5 Å². The predicted molar refractivity (Wildman–Crippen MR) is 122 cm³/mol. The first-order valence-corrected chi connectivity index (χ1v) is 12.7. The zero-order valence-corrected chi connectivity index (χ0v) is 19.4. The number of hydrogen-bond donors (Lipinski definition) is 0. The van der Waals surface area contributed by atoms with Crippen LogP contribution in [-0.2, 0) is 22.9 Å². The summed E-state index contributed by atoms with van der Waals surface area (Å²) in [6.07, 6.45) is 3.11. The minimum Gasteiger partial charge on any atom is -0.419 e. The highest BCUT2D eigenvalue weighted by atomic mass is 35.5. The topological polar surface area (TPSA) is 79.5 Å². The molecule has 3 aromatic rings. The molecule has 1 fully saturated rings. The molecule has 2 heterocycles. The quantitative estimate of drug-likeness (QED) is 0.559. The second-order valence-corrected chi connectivity index (χ2v) is 10.7. The summed E-state index contributed by atoms with van der Waals surface area (Å²) >= 11 is 6.06. The molecule has 0 radical (unpaired) electrons. The molecule has 1 saturated heterocycles. The van der Waals surface area contributed by atoms with Gasteiger partial charge in [0.25, 0.3) is 0 Å². The third kappa shape index (κ3) is 4.08. The molecular formula is C23H25ClN4O3S. The highest BCUT2D eigenvalue weighted by Gasteiger charge is 2.32. The third-order valence-electron chi connectivity index (χ3n) is 6.40. The second-order valence-electron chi connectivity index (χ2n) is 8.36. The Labute approximate surface area is 193 Å². The fourth-order valence-electron chi connectivity index (χ4n) is 4.49. The first-order chi connectivity index (χ1) is 15.4. The molecular weight excluding hydrogens is 448 g/mol. The van der Waals surface area contributed by atoms with Crippen LogP contribution in [0.15, 0.2) is 51.8 Å². The Morgan fingerprint density at radius 2 is 1.78 bits per heavy atom. The molecule has 1 aliphatic carbocycles. The van der Waals surface area contributed by atoms with E-state index in [9.17, 15) is 8.42 Å². The molecule has 0 saturated carbocycles. The van der Waals surface area contributed by atoms with Gasteiger partial charge in [-0.05, 0) is 67.6 Å². The molecule has 1 atom stereocenters. The minimum atomic E-state index is -3.49. The van der Waals surface area contributed by atoms with Crippen molar-refractivity contribution < 1.29 is 12.8 Å². The second kappa shape index (κ2) is 8.59. The van der Waals surface area contributed by atoms with E-state index in [0.29, 0.717) is 47.9 Å². The number of aromatic nitrogens is 2. The van der Waals surface area contributed by atoms with Gasteiger partial charge in [0.1, 0.15) is 0 Å². The van der Waals surface area contributed by atoms with Gasteiger partial charge in [0.2, 0.25) is 21.8 Å². The maximum atomic E-state index is 13.2. The van der Waals surface area contributed by atoms with Crippen molar-refractivity contribution in [3.05, 3.63) is 64.5 Å². The molecule has 168 valence electrons. The lowest BCUT2D eigenvalue weighted by Gasteiger charge is -2.36. The first-order valence-electron chi connectivity index (χ1n) is 10.9. The van der Waals surface area contributed by atoms with E-state index in [4.69, 9.17) is 16.0 Å². The Balaban J connectivity index is 1.25. The monoisotopic (exact) mass is 472 g/mol. The lowest BCUT2D eigenvalue weighted by molar-refractivity contribution is 0.129. The van der Waals surface area contributed by atoms with Gasteiger partial charge in [-0.15, -0.1) is 10.2 Å². The number of fused-ring (bicyclic) bond motifs is 1. The van der Waals surface area contributed by atoms with E-state index in [0.717, 1.165) is 24.8 Å². The maximum Gasteiger partial charge on any atom is 0.247 e. The molecule has 1 aliphatic heterocycles. The molecule has 0 spiro atoms. The number of piperazine rings is 1. The number of halogens is 1. The van der Waals surface area contributed by atoms with Gasteiger partial charge in [0.05, 0.1) is 10.9 Å². The van der Waals surface area contributed by atoms with Crippen LogP contribution in [0.5, 0.6) is 0 Å². The number of hydrogen-bond acceptors (Lipinski definition) is 6. The summed E-state index contributed by atoms with van der Waals surface area (Å²) in [5.74, 6) is 0.932. The summed E-state index contributed by atoms with van der Waals surface area (Å²) in [4.78, 5) is 2.58. The molecule has 1 aromatic heterocycles. The van der Waals surface area contributed by atoms with Crippen LogP contribution in [0.2, 0.25) is 5.02 Å². The Morgan fingerprint density at radius 3 is 2.56 bits per heavy atom. The molecule has 0 N–H and O–H groups in total. The van der Waals surface area contributed by atoms with Crippen LogP contribution in [0.4, 0.5) is 0 Å². The minimum absolute atomic E-state index is 0.111. The van der Waals surface area contributed by atoms with Gasteiger partial charge in [0, 0.05) is 36.8 Å². The summed E-state index contributed by atoms with van der Waals surface area (Å²) in [5.41, 5.74) is 3.22. The highest BCUT2D eigenvalue weighted by molar-refractivity contribution is 7.89. The molecule has 32 heavy (non-hydrogen) atoms. The molecule has 5 rings (SSSR count). The molecule has 7 nitrogen and oxygen atoms in total. The Bertz CT molecular complexity index is 1240. The first kappa shape index (κ1) is 21.6. The molecule has 2 aliphatic rings. The van der Waals surface area contributed by atoms with Crippen LogP contribution in [0.25, 0.3) is 11.5 Å². The van der Waals surface area contributed by atoms with Gasteiger partial charge in [-0.1, -0.05) is 23.7 Å². The smallest absolute Gasteiger partial charge is 0.247 e. The van der Waals surface area contributed by atoms with E-state index < -0.39 is 10.0 Å². The van der Waals surface area contributed by atoms with Gasteiger partial charge >= 0.3 is 0 Å². The van der Waals surface area contributed by atoms with Gasteiger partial charge < -0.3 is 4.42 Å². The van der Waals surface area contributed by atoms with Gasteiger partial charge in [-0.2, -0.15) is 4.31 Å². The summed E-state index contributed by atoms with van der Waals surface area (Å²) < 4.78 is 33.8. The van der Waals surface area contributed by atoms with Crippen molar-refractivity contribution in [2.75, 3.05) is 26.2 Å². The number of benzene rings is 2. The standard InChI is InChI=1S/C23H25ClN4O3S/c1-16(22-25-26-23(31-22)19-6-3-7-20(24)14-19)27-10-12-28(13-11-27)32(29,30)21-9-8-17-4-2-5-18(17)15-21/h3,6-9,14-16H,2,4-5,10-13H2,1H3.